The van der Waals surface area contributed by atoms with Gasteiger partial charge in [-0.2, -0.15) is 0 Å². The van der Waals surface area contributed by atoms with Gasteiger partial charge in [-0.3, -0.25) is 0 Å². The maximum absolute atomic E-state index is 10.0. The second kappa shape index (κ2) is 6.38. The van der Waals surface area contributed by atoms with Gasteiger partial charge < -0.3 is 5.11 Å². The summed E-state index contributed by atoms with van der Waals surface area (Å²) < 4.78 is 0. The van der Waals surface area contributed by atoms with Crippen molar-refractivity contribution in [2.75, 3.05) is 0 Å². The first kappa shape index (κ1) is 14.3. The largest absolute Gasteiger partial charge is 0.393 e. The zero-order valence-electron chi connectivity index (χ0n) is 12.0. The van der Waals surface area contributed by atoms with Crippen LogP contribution in [0.5, 0.6) is 0 Å². The molecule has 1 aromatic carbocycles. The molecule has 3 atom stereocenters. The topological polar surface area (TPSA) is 20.2 Å². The van der Waals surface area contributed by atoms with E-state index in [1.807, 2.05) is 6.08 Å². The lowest BCUT2D eigenvalue weighted by Crippen LogP contribution is -2.32. The fourth-order valence-corrected chi connectivity index (χ4v) is 3.46. The van der Waals surface area contributed by atoms with Crippen LogP contribution in [-0.4, -0.2) is 11.2 Å². The number of aliphatic hydroxyl groups excluding tert-OH is 1. The van der Waals surface area contributed by atoms with Crippen LogP contribution < -0.4 is 0 Å². The van der Waals surface area contributed by atoms with Gasteiger partial charge in [-0.25, -0.2) is 0 Å². The second-order valence-electron chi connectivity index (χ2n) is 6.40. The standard InChI is InChI=1S/C18H26O/c1-3-18(2)13-16(12-17(19)14-18)11-7-10-15-8-5-4-6-9-15/h3-6,8-9,16-17,19H,1,7,10-14H2,2H3. The molecule has 19 heavy (non-hydrogen) atoms. The second-order valence-corrected chi connectivity index (χ2v) is 6.40. The number of allylic oxidation sites excluding steroid dienone is 1. The molecule has 0 saturated heterocycles. The van der Waals surface area contributed by atoms with E-state index >= 15 is 0 Å². The Kier molecular flexibility index (Phi) is 4.81. The minimum atomic E-state index is -0.140. The minimum absolute atomic E-state index is 0.134. The maximum atomic E-state index is 10.0. The molecule has 0 amide bonds. The van der Waals surface area contributed by atoms with Crippen LogP contribution in [0.1, 0.15) is 44.6 Å². The number of aryl methyl sites for hydroxylation is 1. The molecule has 0 aromatic heterocycles. The third-order valence-electron chi connectivity index (χ3n) is 4.48. The molecule has 1 heteroatoms. The van der Waals surface area contributed by atoms with Crippen molar-refractivity contribution >= 4 is 0 Å². The Hall–Kier alpha value is -1.08. The smallest absolute Gasteiger partial charge is 0.0551 e. The first-order valence-corrected chi connectivity index (χ1v) is 7.47. The lowest BCUT2D eigenvalue weighted by Gasteiger charge is -2.38. The van der Waals surface area contributed by atoms with Crippen molar-refractivity contribution in [2.24, 2.45) is 11.3 Å². The van der Waals surface area contributed by atoms with Crippen molar-refractivity contribution in [3.05, 3.63) is 48.6 Å². The highest BCUT2D eigenvalue weighted by atomic mass is 16.3. The zero-order chi connectivity index (χ0) is 13.7. The molecule has 1 saturated carbocycles. The molecule has 0 aliphatic heterocycles. The van der Waals surface area contributed by atoms with Gasteiger partial charge in [0.2, 0.25) is 0 Å². The maximum Gasteiger partial charge on any atom is 0.0551 e. The van der Waals surface area contributed by atoms with Gasteiger partial charge in [0.05, 0.1) is 6.10 Å². The van der Waals surface area contributed by atoms with Crippen LogP contribution in [-0.2, 0) is 6.42 Å². The average molecular weight is 258 g/mol. The summed E-state index contributed by atoms with van der Waals surface area (Å²) in [5.41, 5.74) is 1.56. The molecule has 0 radical (unpaired) electrons. The van der Waals surface area contributed by atoms with Crippen molar-refractivity contribution in [1.29, 1.82) is 0 Å². The highest BCUT2D eigenvalue weighted by Gasteiger charge is 2.33. The van der Waals surface area contributed by atoms with Crippen molar-refractivity contribution in [3.8, 4) is 0 Å². The van der Waals surface area contributed by atoms with E-state index in [4.69, 9.17) is 0 Å². The average Bonchev–Trinajstić information content (AvgIpc) is 2.39. The van der Waals surface area contributed by atoms with Gasteiger partial charge in [-0.05, 0) is 49.0 Å². The number of hydrogen-bond donors (Lipinski definition) is 1. The summed E-state index contributed by atoms with van der Waals surface area (Å²) >= 11 is 0. The summed E-state index contributed by atoms with van der Waals surface area (Å²) in [6.07, 6.45) is 8.52. The van der Waals surface area contributed by atoms with E-state index in [0.29, 0.717) is 5.92 Å². The lowest BCUT2D eigenvalue weighted by molar-refractivity contribution is 0.0441. The number of hydrogen-bond acceptors (Lipinski definition) is 1. The number of aliphatic hydroxyl groups is 1. The Morgan fingerprint density at radius 2 is 2.05 bits per heavy atom. The summed E-state index contributed by atoms with van der Waals surface area (Å²) in [5, 5.41) is 10.0. The van der Waals surface area contributed by atoms with Gasteiger partial charge >= 0.3 is 0 Å². The highest BCUT2D eigenvalue weighted by molar-refractivity contribution is 5.14. The molecular formula is C18H26O. The molecule has 2 rings (SSSR count). The third-order valence-corrected chi connectivity index (χ3v) is 4.48. The van der Waals surface area contributed by atoms with Crippen molar-refractivity contribution in [3.63, 3.8) is 0 Å². The SMILES string of the molecule is C=CC1(C)CC(O)CC(CCCc2ccccc2)C1. The number of rotatable bonds is 5. The molecule has 1 fully saturated rings. The van der Waals surface area contributed by atoms with Crippen LogP contribution in [0.4, 0.5) is 0 Å². The monoisotopic (exact) mass is 258 g/mol. The van der Waals surface area contributed by atoms with Crippen LogP contribution in [0.25, 0.3) is 0 Å². The first-order chi connectivity index (χ1) is 9.11. The van der Waals surface area contributed by atoms with Crippen LogP contribution in [0.15, 0.2) is 43.0 Å². The van der Waals surface area contributed by atoms with E-state index in [1.165, 1.54) is 24.8 Å². The van der Waals surface area contributed by atoms with Crippen LogP contribution >= 0.6 is 0 Å². The Morgan fingerprint density at radius 3 is 2.74 bits per heavy atom. The highest BCUT2D eigenvalue weighted by Crippen LogP contribution is 2.41. The summed E-state index contributed by atoms with van der Waals surface area (Å²) in [6.45, 7) is 6.17. The predicted octanol–water partition coefficient (Wildman–Crippen LogP) is 4.36. The minimum Gasteiger partial charge on any atom is -0.393 e. The van der Waals surface area contributed by atoms with Gasteiger partial charge in [-0.15, -0.1) is 6.58 Å². The molecule has 1 nitrogen and oxygen atoms in total. The van der Waals surface area contributed by atoms with Gasteiger partial charge in [0.15, 0.2) is 0 Å². The molecule has 1 aliphatic carbocycles. The summed E-state index contributed by atoms with van der Waals surface area (Å²) in [5.74, 6) is 0.649. The van der Waals surface area contributed by atoms with E-state index in [-0.39, 0.29) is 11.5 Å². The molecule has 3 unspecified atom stereocenters. The third kappa shape index (κ3) is 4.21. The molecular weight excluding hydrogens is 232 g/mol. The summed E-state index contributed by atoms with van der Waals surface area (Å²) in [7, 11) is 0. The normalized spacial score (nSPS) is 31.1. The van der Waals surface area contributed by atoms with E-state index in [2.05, 4.69) is 43.8 Å². The van der Waals surface area contributed by atoms with Crippen molar-refractivity contribution in [1.82, 2.24) is 0 Å². The Labute approximate surface area is 117 Å². The fraction of sp³-hybridized carbons (Fsp3) is 0.556. The van der Waals surface area contributed by atoms with Crippen molar-refractivity contribution in [2.45, 2.75) is 51.6 Å². The van der Waals surface area contributed by atoms with Crippen LogP contribution in [0, 0.1) is 11.3 Å². The van der Waals surface area contributed by atoms with E-state index < -0.39 is 0 Å². The first-order valence-electron chi connectivity index (χ1n) is 7.47. The number of benzene rings is 1. The van der Waals surface area contributed by atoms with Gasteiger partial charge in [0, 0.05) is 0 Å². The molecule has 0 heterocycles. The van der Waals surface area contributed by atoms with Gasteiger partial charge in [0.25, 0.3) is 0 Å². The zero-order valence-corrected chi connectivity index (χ0v) is 12.0. The van der Waals surface area contributed by atoms with Crippen LogP contribution in [0.3, 0.4) is 0 Å². The predicted molar refractivity (Wildman–Crippen MR) is 81.0 cm³/mol. The van der Waals surface area contributed by atoms with Crippen molar-refractivity contribution < 1.29 is 5.11 Å². The lowest BCUT2D eigenvalue weighted by atomic mass is 9.68. The Balaban J connectivity index is 1.81. The van der Waals surface area contributed by atoms with Gasteiger partial charge in [-0.1, -0.05) is 49.8 Å². The molecule has 104 valence electrons. The quantitative estimate of drug-likeness (QED) is 0.778. The van der Waals surface area contributed by atoms with Crippen LogP contribution in [0.2, 0.25) is 0 Å². The Morgan fingerprint density at radius 1 is 1.32 bits per heavy atom. The van der Waals surface area contributed by atoms with E-state index in [1.54, 1.807) is 0 Å². The van der Waals surface area contributed by atoms with E-state index in [0.717, 1.165) is 19.3 Å². The van der Waals surface area contributed by atoms with Gasteiger partial charge in [0.1, 0.15) is 0 Å². The molecule has 1 aromatic rings. The molecule has 1 aliphatic rings. The summed E-state index contributed by atoms with van der Waals surface area (Å²) in [4.78, 5) is 0. The molecule has 0 bridgehead atoms. The Bertz CT molecular complexity index is 397. The molecule has 0 spiro atoms. The van der Waals surface area contributed by atoms with E-state index in [9.17, 15) is 5.11 Å². The summed E-state index contributed by atoms with van der Waals surface area (Å²) in [6, 6.07) is 10.7. The fourth-order valence-electron chi connectivity index (χ4n) is 3.46. The molecule has 1 N–H and O–H groups in total.